The van der Waals surface area contributed by atoms with Gasteiger partial charge < -0.3 is 15.2 Å². The lowest BCUT2D eigenvalue weighted by Crippen LogP contribution is -2.24. The van der Waals surface area contributed by atoms with Crippen LogP contribution in [0.1, 0.15) is 25.0 Å². The molecule has 1 atom stereocenters. The van der Waals surface area contributed by atoms with Crippen molar-refractivity contribution in [2.75, 3.05) is 19.7 Å². The number of hydrogen-bond acceptors (Lipinski definition) is 4. The lowest BCUT2D eigenvalue weighted by atomic mass is 10.1. The second kappa shape index (κ2) is 7.81. The zero-order valence-electron chi connectivity index (χ0n) is 10.1. The summed E-state index contributed by atoms with van der Waals surface area (Å²) in [5.74, 6) is -0.214. The number of hydrogen-bond donors (Lipinski definition) is 2. The average molecular weight is 237 g/mol. The SMILES string of the molecule is CCOC(=O)CCNC[C@@H](O)c1ccccc1. The van der Waals surface area contributed by atoms with E-state index in [1.165, 1.54) is 0 Å². The van der Waals surface area contributed by atoms with Crippen LogP contribution in [0.5, 0.6) is 0 Å². The molecule has 94 valence electrons. The first kappa shape index (κ1) is 13.7. The van der Waals surface area contributed by atoms with Crippen molar-refractivity contribution in [3.8, 4) is 0 Å². The van der Waals surface area contributed by atoms with Crippen LogP contribution >= 0.6 is 0 Å². The molecule has 0 aliphatic heterocycles. The number of ether oxygens (including phenoxy) is 1. The molecule has 0 aromatic heterocycles. The summed E-state index contributed by atoms with van der Waals surface area (Å²) >= 11 is 0. The van der Waals surface area contributed by atoms with E-state index in [-0.39, 0.29) is 5.97 Å². The first-order valence-corrected chi connectivity index (χ1v) is 5.83. The minimum absolute atomic E-state index is 0.214. The molecule has 0 aliphatic carbocycles. The van der Waals surface area contributed by atoms with Gasteiger partial charge in [0, 0.05) is 13.1 Å². The summed E-state index contributed by atoms with van der Waals surface area (Å²) in [5.41, 5.74) is 0.871. The van der Waals surface area contributed by atoms with Crippen molar-refractivity contribution in [1.82, 2.24) is 5.32 Å². The Balaban J connectivity index is 2.17. The topological polar surface area (TPSA) is 58.6 Å². The Morgan fingerprint density at radius 2 is 2.12 bits per heavy atom. The van der Waals surface area contributed by atoms with Gasteiger partial charge >= 0.3 is 5.97 Å². The summed E-state index contributed by atoms with van der Waals surface area (Å²) in [6.45, 7) is 3.14. The summed E-state index contributed by atoms with van der Waals surface area (Å²) < 4.78 is 4.79. The Bertz CT molecular complexity index is 327. The third-order valence-electron chi connectivity index (χ3n) is 2.33. The maximum absolute atomic E-state index is 11.0. The minimum atomic E-state index is -0.543. The number of benzene rings is 1. The van der Waals surface area contributed by atoms with Crippen molar-refractivity contribution < 1.29 is 14.6 Å². The number of nitrogens with one attached hydrogen (secondary N) is 1. The second-order valence-corrected chi connectivity index (χ2v) is 3.69. The van der Waals surface area contributed by atoms with Crippen LogP contribution in [0.2, 0.25) is 0 Å². The highest BCUT2D eigenvalue weighted by atomic mass is 16.5. The zero-order valence-corrected chi connectivity index (χ0v) is 10.1. The quantitative estimate of drug-likeness (QED) is 0.554. The van der Waals surface area contributed by atoms with E-state index in [0.717, 1.165) is 5.56 Å². The molecule has 1 rings (SSSR count). The summed E-state index contributed by atoms with van der Waals surface area (Å²) in [4.78, 5) is 11.0. The van der Waals surface area contributed by atoms with Crippen LogP contribution in [0.25, 0.3) is 0 Å². The van der Waals surface area contributed by atoms with Crippen molar-refractivity contribution in [3.63, 3.8) is 0 Å². The van der Waals surface area contributed by atoms with Crippen molar-refractivity contribution in [2.45, 2.75) is 19.4 Å². The van der Waals surface area contributed by atoms with Gasteiger partial charge in [-0.2, -0.15) is 0 Å². The highest BCUT2D eigenvalue weighted by molar-refractivity contribution is 5.69. The van der Waals surface area contributed by atoms with Crippen LogP contribution < -0.4 is 5.32 Å². The predicted molar refractivity (Wildman–Crippen MR) is 65.5 cm³/mol. The Kier molecular flexibility index (Phi) is 6.29. The largest absolute Gasteiger partial charge is 0.466 e. The highest BCUT2D eigenvalue weighted by Crippen LogP contribution is 2.10. The number of aliphatic hydroxyl groups excluding tert-OH is 1. The lowest BCUT2D eigenvalue weighted by molar-refractivity contribution is -0.143. The van der Waals surface area contributed by atoms with E-state index in [1.54, 1.807) is 6.92 Å². The van der Waals surface area contributed by atoms with Gasteiger partial charge in [0.2, 0.25) is 0 Å². The van der Waals surface area contributed by atoms with Crippen LogP contribution in [0, 0.1) is 0 Å². The number of rotatable bonds is 7. The molecule has 4 nitrogen and oxygen atoms in total. The van der Waals surface area contributed by atoms with Gasteiger partial charge in [0.25, 0.3) is 0 Å². The molecular weight excluding hydrogens is 218 g/mol. The van der Waals surface area contributed by atoms with Crippen molar-refractivity contribution in [1.29, 1.82) is 0 Å². The fourth-order valence-electron chi connectivity index (χ4n) is 1.46. The molecule has 0 bridgehead atoms. The summed E-state index contributed by atoms with van der Waals surface area (Å²) in [6, 6.07) is 9.42. The molecule has 1 aromatic rings. The Morgan fingerprint density at radius 1 is 1.41 bits per heavy atom. The van der Waals surface area contributed by atoms with Crippen LogP contribution in [0.3, 0.4) is 0 Å². The van der Waals surface area contributed by atoms with E-state index >= 15 is 0 Å². The fraction of sp³-hybridized carbons (Fsp3) is 0.462. The van der Waals surface area contributed by atoms with Gasteiger partial charge in [-0.15, -0.1) is 0 Å². The second-order valence-electron chi connectivity index (χ2n) is 3.69. The number of carbonyl (C=O) groups is 1. The van der Waals surface area contributed by atoms with Crippen molar-refractivity contribution >= 4 is 5.97 Å². The van der Waals surface area contributed by atoms with Crippen LogP contribution in [0.4, 0.5) is 0 Å². The van der Waals surface area contributed by atoms with Crippen LogP contribution in [-0.4, -0.2) is 30.8 Å². The van der Waals surface area contributed by atoms with Crippen molar-refractivity contribution in [2.24, 2.45) is 0 Å². The van der Waals surface area contributed by atoms with E-state index in [4.69, 9.17) is 4.74 Å². The van der Waals surface area contributed by atoms with Gasteiger partial charge in [0.05, 0.1) is 19.1 Å². The normalized spacial score (nSPS) is 12.1. The molecule has 1 aromatic carbocycles. The smallest absolute Gasteiger partial charge is 0.307 e. The predicted octanol–water partition coefficient (Wildman–Crippen LogP) is 1.26. The van der Waals surface area contributed by atoms with Crippen molar-refractivity contribution in [3.05, 3.63) is 35.9 Å². The standard InChI is InChI=1S/C13H19NO3/c1-2-17-13(16)8-9-14-10-12(15)11-6-4-3-5-7-11/h3-7,12,14-15H,2,8-10H2,1H3/t12-/m1/s1. The Hall–Kier alpha value is -1.39. The van der Waals surface area contributed by atoms with Gasteiger partial charge in [-0.25, -0.2) is 0 Å². The van der Waals surface area contributed by atoms with Gasteiger partial charge in [-0.3, -0.25) is 4.79 Å². The lowest BCUT2D eigenvalue weighted by Gasteiger charge is -2.11. The molecule has 2 N–H and O–H groups in total. The highest BCUT2D eigenvalue weighted by Gasteiger charge is 2.06. The maximum atomic E-state index is 11.0. The molecule has 0 fully saturated rings. The third-order valence-corrected chi connectivity index (χ3v) is 2.33. The molecular formula is C13H19NO3. The van der Waals surface area contributed by atoms with E-state index in [9.17, 15) is 9.90 Å². The molecule has 0 saturated carbocycles. The molecule has 17 heavy (non-hydrogen) atoms. The molecule has 0 aliphatic rings. The molecule has 0 saturated heterocycles. The number of aliphatic hydroxyl groups is 1. The first-order chi connectivity index (χ1) is 8.24. The summed E-state index contributed by atoms with van der Waals surface area (Å²) in [7, 11) is 0. The molecule has 0 spiro atoms. The van der Waals surface area contributed by atoms with Gasteiger partial charge in [-0.1, -0.05) is 30.3 Å². The molecule has 0 unspecified atom stereocenters. The van der Waals surface area contributed by atoms with Crippen LogP contribution in [0.15, 0.2) is 30.3 Å². The fourth-order valence-corrected chi connectivity index (χ4v) is 1.46. The molecule has 4 heteroatoms. The van der Waals surface area contributed by atoms with Gasteiger partial charge in [0.1, 0.15) is 0 Å². The first-order valence-electron chi connectivity index (χ1n) is 5.83. The maximum Gasteiger partial charge on any atom is 0.307 e. The average Bonchev–Trinajstić information content (AvgIpc) is 2.36. The van der Waals surface area contributed by atoms with E-state index in [2.05, 4.69) is 5.32 Å². The summed E-state index contributed by atoms with van der Waals surface area (Å²) in [6.07, 6.45) is -0.214. The van der Waals surface area contributed by atoms with Gasteiger partial charge in [-0.05, 0) is 12.5 Å². The molecule has 0 heterocycles. The van der Waals surface area contributed by atoms with Crippen LogP contribution in [-0.2, 0) is 9.53 Å². The van der Waals surface area contributed by atoms with E-state index in [0.29, 0.717) is 26.1 Å². The monoisotopic (exact) mass is 237 g/mol. The van der Waals surface area contributed by atoms with E-state index < -0.39 is 6.10 Å². The number of esters is 1. The summed E-state index contributed by atoms with van der Waals surface area (Å²) in [5, 5.41) is 12.8. The third kappa shape index (κ3) is 5.47. The van der Waals surface area contributed by atoms with Gasteiger partial charge in [0.15, 0.2) is 0 Å². The minimum Gasteiger partial charge on any atom is -0.466 e. The van der Waals surface area contributed by atoms with E-state index in [1.807, 2.05) is 30.3 Å². The number of carbonyl (C=O) groups excluding carboxylic acids is 1. The Labute approximate surface area is 102 Å². The molecule has 0 amide bonds. The Morgan fingerprint density at radius 3 is 2.76 bits per heavy atom. The molecule has 0 radical (unpaired) electrons. The zero-order chi connectivity index (χ0) is 12.5.